The monoisotopic (exact) mass is 306 g/mol. The molecule has 1 atom stereocenters. The maximum atomic E-state index is 11.4. The summed E-state index contributed by atoms with van der Waals surface area (Å²) in [4.78, 5) is 12.7. The summed E-state index contributed by atoms with van der Waals surface area (Å²) in [5.74, 6) is 0.0655. The number of allylic oxidation sites excluding steroid dienone is 1. The maximum Gasteiger partial charge on any atom is 0.412 e. The molecule has 0 unspecified atom stereocenters. The predicted octanol–water partition coefficient (Wildman–Crippen LogP) is 4.44. The first-order chi connectivity index (χ1) is 10.5. The van der Waals surface area contributed by atoms with Crippen LogP contribution in [0.15, 0.2) is 30.9 Å². The highest BCUT2D eigenvalue weighted by Gasteiger charge is 2.20. The zero-order chi connectivity index (χ0) is 16.5. The van der Waals surface area contributed by atoms with Gasteiger partial charge in [-0.3, -0.25) is 4.90 Å². The lowest BCUT2D eigenvalue weighted by Gasteiger charge is -2.26. The van der Waals surface area contributed by atoms with Crippen LogP contribution >= 0.6 is 0 Å². The van der Waals surface area contributed by atoms with Crippen LogP contribution in [0.3, 0.4) is 0 Å². The zero-order valence-electron chi connectivity index (χ0n) is 13.4. The van der Waals surface area contributed by atoms with Gasteiger partial charge in [0.2, 0.25) is 0 Å². The Kier molecular flexibility index (Phi) is 7.29. The molecule has 0 aliphatic carbocycles. The molecule has 0 spiro atoms. The highest BCUT2D eigenvalue weighted by Crippen LogP contribution is 2.30. The average Bonchev–Trinajstić information content (AvgIpc) is 2.48. The van der Waals surface area contributed by atoms with Crippen molar-refractivity contribution in [3.05, 3.63) is 30.9 Å². The third-order valence-corrected chi connectivity index (χ3v) is 3.65. The summed E-state index contributed by atoms with van der Waals surface area (Å²) in [6, 6.07) is 4.78. The van der Waals surface area contributed by atoms with Crippen molar-refractivity contribution in [2.45, 2.75) is 45.6 Å². The second-order valence-corrected chi connectivity index (χ2v) is 5.32. The molecule has 0 aromatic heterocycles. The Morgan fingerprint density at radius 3 is 2.73 bits per heavy atom. The lowest BCUT2D eigenvalue weighted by atomic mass is 10.1. The second-order valence-electron chi connectivity index (χ2n) is 5.32. The number of carbonyl (C=O) groups is 1. The van der Waals surface area contributed by atoms with Crippen molar-refractivity contribution in [1.29, 1.82) is 0 Å². The van der Waals surface area contributed by atoms with E-state index in [2.05, 4.69) is 11.9 Å². The van der Waals surface area contributed by atoms with Gasteiger partial charge in [0, 0.05) is 18.7 Å². The molecule has 5 heteroatoms. The molecule has 3 N–H and O–H groups in total. The van der Waals surface area contributed by atoms with Gasteiger partial charge in [-0.05, 0) is 44.7 Å². The third kappa shape index (κ3) is 4.98. The second kappa shape index (κ2) is 8.97. The number of hydrogen-bond donors (Lipinski definition) is 3. The van der Waals surface area contributed by atoms with Crippen LogP contribution in [0.1, 0.15) is 39.5 Å². The molecule has 0 aliphatic heterocycles. The Hall–Kier alpha value is -2.17. The number of phenolic OH excluding ortho intramolecular Hbond substituents is 1. The first-order valence-electron chi connectivity index (χ1n) is 7.71. The average molecular weight is 306 g/mol. The summed E-state index contributed by atoms with van der Waals surface area (Å²) in [7, 11) is 0. The van der Waals surface area contributed by atoms with Crippen LogP contribution < -0.4 is 10.2 Å². The van der Waals surface area contributed by atoms with Crippen molar-refractivity contribution in [3.8, 4) is 5.75 Å². The highest BCUT2D eigenvalue weighted by molar-refractivity contribution is 5.87. The smallest absolute Gasteiger partial charge is 0.412 e. The Bertz CT molecular complexity index is 503. The molecule has 0 heterocycles. The van der Waals surface area contributed by atoms with Gasteiger partial charge in [-0.15, -0.1) is 6.58 Å². The van der Waals surface area contributed by atoms with E-state index in [1.54, 1.807) is 12.1 Å². The lowest BCUT2D eigenvalue weighted by molar-refractivity contribution is 0.199. The minimum absolute atomic E-state index is 0.0655. The number of amides is 1. The fourth-order valence-electron chi connectivity index (χ4n) is 2.19. The van der Waals surface area contributed by atoms with Gasteiger partial charge in [0.1, 0.15) is 5.75 Å². The normalized spacial score (nSPS) is 11.7. The van der Waals surface area contributed by atoms with Gasteiger partial charge in [0.05, 0.1) is 11.4 Å². The summed E-state index contributed by atoms with van der Waals surface area (Å²) in [6.07, 6.45) is 4.60. The van der Waals surface area contributed by atoms with Crippen molar-refractivity contribution in [3.63, 3.8) is 0 Å². The number of hydrogen-bond acceptors (Lipinski definition) is 3. The van der Waals surface area contributed by atoms with Crippen LogP contribution in [0.25, 0.3) is 0 Å². The van der Waals surface area contributed by atoms with Crippen molar-refractivity contribution >= 4 is 17.5 Å². The van der Waals surface area contributed by atoms with Crippen molar-refractivity contribution in [1.82, 2.24) is 0 Å². The van der Waals surface area contributed by atoms with E-state index in [-0.39, 0.29) is 11.8 Å². The molecule has 0 fully saturated rings. The van der Waals surface area contributed by atoms with Crippen LogP contribution in [0, 0.1) is 0 Å². The van der Waals surface area contributed by atoms with Crippen molar-refractivity contribution in [2.24, 2.45) is 0 Å². The van der Waals surface area contributed by atoms with E-state index in [0.29, 0.717) is 17.8 Å². The van der Waals surface area contributed by atoms with Crippen LogP contribution in [-0.4, -0.2) is 28.9 Å². The minimum atomic E-state index is -1.01. The number of unbranched alkanes of at least 4 members (excludes halogenated alkanes) is 2. The van der Waals surface area contributed by atoms with E-state index in [0.717, 1.165) is 25.8 Å². The molecule has 0 aliphatic rings. The number of nitrogens with one attached hydrogen (secondary N) is 1. The standard InChI is InChI=1S/C17H26N2O3/c1-4-6-7-8-11-18-15-10-9-14(12-16(15)20)19(17(21)22)13(3)5-2/h4,9-10,12-13,18,20H,1,5-8,11H2,2-3H3,(H,21,22)/t13-/m0/s1. The number of phenols is 1. The fourth-order valence-corrected chi connectivity index (χ4v) is 2.19. The van der Waals surface area contributed by atoms with Crippen LogP contribution in [-0.2, 0) is 0 Å². The van der Waals surface area contributed by atoms with Gasteiger partial charge in [-0.25, -0.2) is 4.79 Å². The van der Waals surface area contributed by atoms with Crippen molar-refractivity contribution in [2.75, 3.05) is 16.8 Å². The van der Waals surface area contributed by atoms with Gasteiger partial charge in [0.25, 0.3) is 0 Å². The molecule has 122 valence electrons. The molecular weight excluding hydrogens is 280 g/mol. The van der Waals surface area contributed by atoms with E-state index in [9.17, 15) is 15.0 Å². The predicted molar refractivity (Wildman–Crippen MR) is 90.9 cm³/mol. The van der Waals surface area contributed by atoms with E-state index in [1.165, 1.54) is 11.0 Å². The van der Waals surface area contributed by atoms with Crippen LogP contribution in [0.2, 0.25) is 0 Å². The SMILES string of the molecule is C=CCCCCNc1ccc(N(C(=O)O)[C@@H](C)CC)cc1O. The van der Waals surface area contributed by atoms with Gasteiger partial charge in [-0.2, -0.15) is 0 Å². The molecule has 1 aromatic carbocycles. The van der Waals surface area contributed by atoms with Gasteiger partial charge in [-0.1, -0.05) is 13.0 Å². The molecule has 1 amide bonds. The third-order valence-electron chi connectivity index (χ3n) is 3.65. The Morgan fingerprint density at radius 2 is 2.18 bits per heavy atom. The van der Waals surface area contributed by atoms with E-state index in [4.69, 9.17) is 0 Å². The van der Waals surface area contributed by atoms with Gasteiger partial charge < -0.3 is 15.5 Å². The maximum absolute atomic E-state index is 11.4. The number of carboxylic acid groups (broad SMARTS) is 1. The summed E-state index contributed by atoms with van der Waals surface area (Å²) < 4.78 is 0. The Morgan fingerprint density at radius 1 is 1.45 bits per heavy atom. The molecule has 22 heavy (non-hydrogen) atoms. The largest absolute Gasteiger partial charge is 0.506 e. The first kappa shape index (κ1) is 17.9. The molecule has 1 rings (SSSR count). The molecule has 0 saturated carbocycles. The minimum Gasteiger partial charge on any atom is -0.506 e. The summed E-state index contributed by atoms with van der Waals surface area (Å²) >= 11 is 0. The van der Waals surface area contributed by atoms with E-state index < -0.39 is 6.09 Å². The zero-order valence-corrected chi connectivity index (χ0v) is 13.4. The molecule has 1 aromatic rings. The fraction of sp³-hybridized carbons (Fsp3) is 0.471. The van der Waals surface area contributed by atoms with E-state index >= 15 is 0 Å². The Balaban J connectivity index is 2.75. The summed E-state index contributed by atoms with van der Waals surface area (Å²) in [5, 5.41) is 22.6. The topological polar surface area (TPSA) is 72.8 Å². The van der Waals surface area contributed by atoms with E-state index in [1.807, 2.05) is 19.9 Å². The molecular formula is C17H26N2O3. The lowest BCUT2D eigenvalue weighted by Crippen LogP contribution is -2.37. The number of benzene rings is 1. The summed E-state index contributed by atoms with van der Waals surface area (Å²) in [6.45, 7) is 8.21. The first-order valence-corrected chi connectivity index (χ1v) is 7.71. The molecule has 0 radical (unpaired) electrons. The van der Waals surface area contributed by atoms with Crippen LogP contribution in [0.5, 0.6) is 5.75 Å². The van der Waals surface area contributed by atoms with Gasteiger partial charge in [0.15, 0.2) is 0 Å². The molecule has 0 saturated heterocycles. The molecule has 0 bridgehead atoms. The Labute approximate surface area is 132 Å². The summed E-state index contributed by atoms with van der Waals surface area (Å²) in [5.41, 5.74) is 1.11. The number of aromatic hydroxyl groups is 1. The molecule has 5 nitrogen and oxygen atoms in total. The number of rotatable bonds is 9. The van der Waals surface area contributed by atoms with Crippen molar-refractivity contribution < 1.29 is 15.0 Å². The number of anilines is 2. The quantitative estimate of drug-likeness (QED) is 0.358. The highest BCUT2D eigenvalue weighted by atomic mass is 16.4. The number of nitrogens with zero attached hydrogens (tertiary/aromatic N) is 1. The van der Waals surface area contributed by atoms with Gasteiger partial charge >= 0.3 is 6.09 Å². The van der Waals surface area contributed by atoms with Crippen LogP contribution in [0.4, 0.5) is 16.2 Å².